The van der Waals surface area contributed by atoms with Gasteiger partial charge < -0.3 is 0 Å². The monoisotopic (exact) mass is 240 g/mol. The summed E-state index contributed by atoms with van der Waals surface area (Å²) in [5.74, 6) is 1.86. The van der Waals surface area contributed by atoms with Gasteiger partial charge in [-0.1, -0.05) is 13.8 Å². The van der Waals surface area contributed by atoms with Crippen molar-refractivity contribution in [2.75, 3.05) is 11.5 Å². The van der Waals surface area contributed by atoms with Crippen LogP contribution in [-0.2, 0) is 11.2 Å². The third-order valence-corrected chi connectivity index (χ3v) is 3.49. The highest BCUT2D eigenvalue weighted by Gasteiger charge is 2.08. The maximum absolute atomic E-state index is 11.5. The minimum atomic E-state index is 0.265. The summed E-state index contributed by atoms with van der Waals surface area (Å²) in [6.07, 6.45) is 3.49. The second-order valence-electron chi connectivity index (χ2n) is 3.90. The van der Waals surface area contributed by atoms with E-state index in [9.17, 15) is 4.79 Å². The third kappa shape index (κ3) is 4.00. The van der Waals surface area contributed by atoms with Crippen LogP contribution in [0.25, 0.3) is 0 Å². The van der Waals surface area contributed by atoms with Crippen LogP contribution in [0.1, 0.15) is 38.9 Å². The van der Waals surface area contributed by atoms with Crippen molar-refractivity contribution >= 4 is 17.5 Å². The molecule has 0 spiro atoms. The van der Waals surface area contributed by atoms with E-state index in [1.165, 1.54) is 0 Å². The van der Waals surface area contributed by atoms with E-state index in [1.54, 1.807) is 11.8 Å². The maximum Gasteiger partial charge on any atom is 0.148 e. The second-order valence-corrected chi connectivity index (χ2v) is 5.17. The summed E-state index contributed by atoms with van der Waals surface area (Å²) in [4.78, 5) is 11.5. The van der Waals surface area contributed by atoms with Gasteiger partial charge >= 0.3 is 0 Å². The Labute approximate surface area is 102 Å². The van der Waals surface area contributed by atoms with Crippen LogP contribution in [0.15, 0.2) is 12.3 Å². The smallest absolute Gasteiger partial charge is 0.148 e. The molecule has 0 amide bonds. The van der Waals surface area contributed by atoms with Crippen LogP contribution < -0.4 is 0 Å². The minimum Gasteiger partial charge on any atom is -0.298 e. The van der Waals surface area contributed by atoms with Crippen molar-refractivity contribution in [3.8, 4) is 0 Å². The standard InChI is InChI=1S/C12H20N2OS/c1-4-10(3)14-7-6-11(13-14)8-12(15)9-16-5-2/h6-7,10H,4-5,8-9H2,1-3H3. The molecule has 0 fully saturated rings. The first-order chi connectivity index (χ1) is 7.67. The normalized spacial score (nSPS) is 12.7. The van der Waals surface area contributed by atoms with Gasteiger partial charge in [-0.25, -0.2) is 0 Å². The largest absolute Gasteiger partial charge is 0.298 e. The van der Waals surface area contributed by atoms with Gasteiger partial charge in [-0.3, -0.25) is 9.48 Å². The second kappa shape index (κ2) is 6.74. The Hall–Kier alpha value is -0.770. The fraction of sp³-hybridized carbons (Fsp3) is 0.667. The van der Waals surface area contributed by atoms with Crippen molar-refractivity contribution in [3.05, 3.63) is 18.0 Å². The van der Waals surface area contributed by atoms with Crippen molar-refractivity contribution in [1.29, 1.82) is 0 Å². The molecule has 1 aromatic rings. The first-order valence-electron chi connectivity index (χ1n) is 5.80. The van der Waals surface area contributed by atoms with E-state index in [2.05, 4.69) is 25.9 Å². The van der Waals surface area contributed by atoms with Crippen LogP contribution in [0.4, 0.5) is 0 Å². The van der Waals surface area contributed by atoms with Gasteiger partial charge in [-0.2, -0.15) is 16.9 Å². The Morgan fingerprint density at radius 1 is 1.56 bits per heavy atom. The molecule has 90 valence electrons. The van der Waals surface area contributed by atoms with E-state index in [4.69, 9.17) is 0 Å². The number of thioether (sulfide) groups is 1. The molecule has 1 atom stereocenters. The zero-order valence-electron chi connectivity index (χ0n) is 10.3. The summed E-state index contributed by atoms with van der Waals surface area (Å²) in [5, 5.41) is 4.42. The molecule has 1 heterocycles. The Morgan fingerprint density at radius 2 is 2.31 bits per heavy atom. The molecule has 0 radical (unpaired) electrons. The molecular formula is C12H20N2OS. The lowest BCUT2D eigenvalue weighted by atomic mass is 10.2. The first-order valence-corrected chi connectivity index (χ1v) is 6.96. The molecule has 0 aromatic carbocycles. The third-order valence-electron chi connectivity index (χ3n) is 2.55. The van der Waals surface area contributed by atoms with Gasteiger partial charge in [-0.15, -0.1) is 0 Å². The molecule has 0 bridgehead atoms. The van der Waals surface area contributed by atoms with Gasteiger partial charge in [-0.05, 0) is 25.2 Å². The Balaban J connectivity index is 2.48. The van der Waals surface area contributed by atoms with Crippen LogP contribution in [0.3, 0.4) is 0 Å². The van der Waals surface area contributed by atoms with Gasteiger partial charge in [0.05, 0.1) is 17.9 Å². The molecule has 16 heavy (non-hydrogen) atoms. The highest BCUT2D eigenvalue weighted by molar-refractivity contribution is 7.99. The summed E-state index contributed by atoms with van der Waals surface area (Å²) < 4.78 is 1.94. The van der Waals surface area contributed by atoms with Crippen LogP contribution in [0, 0.1) is 0 Å². The molecule has 1 unspecified atom stereocenters. The molecule has 0 aliphatic carbocycles. The summed E-state index contributed by atoms with van der Waals surface area (Å²) in [5.41, 5.74) is 0.891. The summed E-state index contributed by atoms with van der Waals surface area (Å²) in [6.45, 7) is 6.33. The van der Waals surface area contributed by atoms with Crippen molar-refractivity contribution in [3.63, 3.8) is 0 Å². The lowest BCUT2D eigenvalue weighted by molar-refractivity contribution is -0.116. The van der Waals surface area contributed by atoms with Gasteiger partial charge in [0.1, 0.15) is 5.78 Å². The van der Waals surface area contributed by atoms with E-state index in [0.717, 1.165) is 17.9 Å². The van der Waals surface area contributed by atoms with Gasteiger partial charge in [0.25, 0.3) is 0 Å². The number of hydrogen-bond acceptors (Lipinski definition) is 3. The molecular weight excluding hydrogens is 220 g/mol. The molecule has 3 nitrogen and oxygen atoms in total. The molecule has 0 saturated carbocycles. The average Bonchev–Trinajstić information content (AvgIpc) is 2.73. The van der Waals surface area contributed by atoms with Gasteiger partial charge in [0.15, 0.2) is 0 Å². The zero-order valence-corrected chi connectivity index (χ0v) is 11.1. The lowest BCUT2D eigenvalue weighted by Crippen LogP contribution is -2.09. The predicted molar refractivity (Wildman–Crippen MR) is 68.9 cm³/mol. The Morgan fingerprint density at radius 3 is 2.94 bits per heavy atom. The van der Waals surface area contributed by atoms with E-state index in [1.807, 2.05) is 16.9 Å². The molecule has 4 heteroatoms. The number of ketones is 1. The minimum absolute atomic E-state index is 0.265. The average molecular weight is 240 g/mol. The van der Waals surface area contributed by atoms with Crippen LogP contribution in [-0.4, -0.2) is 27.1 Å². The highest BCUT2D eigenvalue weighted by atomic mass is 32.2. The predicted octanol–water partition coefficient (Wildman–Crippen LogP) is 2.72. The maximum atomic E-state index is 11.5. The van der Waals surface area contributed by atoms with Gasteiger partial charge in [0.2, 0.25) is 0 Å². The molecule has 1 rings (SSSR count). The van der Waals surface area contributed by atoms with Crippen molar-refractivity contribution in [2.24, 2.45) is 0 Å². The van der Waals surface area contributed by atoms with Crippen LogP contribution in [0.2, 0.25) is 0 Å². The Kier molecular flexibility index (Phi) is 5.60. The fourth-order valence-corrected chi connectivity index (χ4v) is 1.91. The summed E-state index contributed by atoms with van der Waals surface area (Å²) in [7, 11) is 0. The van der Waals surface area contributed by atoms with Crippen molar-refractivity contribution < 1.29 is 4.79 Å². The molecule has 0 aliphatic rings. The number of carbonyl (C=O) groups is 1. The van der Waals surface area contributed by atoms with Crippen molar-refractivity contribution in [2.45, 2.75) is 39.7 Å². The lowest BCUT2D eigenvalue weighted by Gasteiger charge is -2.07. The first kappa shape index (κ1) is 13.3. The van der Waals surface area contributed by atoms with E-state index >= 15 is 0 Å². The Bertz CT molecular complexity index is 336. The van der Waals surface area contributed by atoms with E-state index in [-0.39, 0.29) is 5.78 Å². The number of rotatable bonds is 7. The number of aromatic nitrogens is 2. The number of nitrogens with zero attached hydrogens (tertiary/aromatic N) is 2. The molecule has 0 N–H and O–H groups in total. The number of carbonyl (C=O) groups excluding carboxylic acids is 1. The van der Waals surface area contributed by atoms with E-state index < -0.39 is 0 Å². The topological polar surface area (TPSA) is 34.9 Å². The molecule has 1 aromatic heterocycles. The number of Topliss-reactive ketones (excluding diaryl/α,β-unsaturated/α-hetero) is 1. The summed E-state index contributed by atoms with van der Waals surface area (Å²) >= 11 is 1.67. The van der Waals surface area contributed by atoms with Crippen LogP contribution in [0.5, 0.6) is 0 Å². The van der Waals surface area contributed by atoms with Crippen molar-refractivity contribution in [1.82, 2.24) is 9.78 Å². The van der Waals surface area contributed by atoms with E-state index in [0.29, 0.717) is 18.2 Å². The number of hydrogen-bond donors (Lipinski definition) is 0. The quantitative estimate of drug-likeness (QED) is 0.735. The highest BCUT2D eigenvalue weighted by Crippen LogP contribution is 2.10. The zero-order chi connectivity index (χ0) is 12.0. The van der Waals surface area contributed by atoms with Gasteiger partial charge in [0, 0.05) is 12.2 Å². The fourth-order valence-electron chi connectivity index (χ4n) is 1.37. The molecule has 0 aliphatic heterocycles. The SMILES string of the molecule is CCSCC(=O)Cc1ccn(C(C)CC)n1. The summed E-state index contributed by atoms with van der Waals surface area (Å²) in [6, 6.07) is 2.36. The molecule has 0 saturated heterocycles. The van der Waals surface area contributed by atoms with Crippen LogP contribution >= 0.6 is 11.8 Å².